The van der Waals surface area contributed by atoms with Crippen molar-refractivity contribution < 1.29 is 8.42 Å². The van der Waals surface area contributed by atoms with E-state index in [2.05, 4.69) is 34.1 Å². The fourth-order valence-electron chi connectivity index (χ4n) is 8.60. The minimum atomic E-state index is -3.02. The van der Waals surface area contributed by atoms with Crippen LogP contribution < -0.4 is 0 Å². The van der Waals surface area contributed by atoms with Gasteiger partial charge in [-0.2, -0.15) is 0 Å². The fourth-order valence-corrected chi connectivity index (χ4v) is 10.2. The molecule has 3 heteroatoms. The molecule has 177 valence electrons. The van der Waals surface area contributed by atoms with E-state index < -0.39 is 9.84 Å². The summed E-state index contributed by atoms with van der Waals surface area (Å²) in [6.45, 7) is 11.7. The smallest absolute Gasteiger partial charge is 0.156 e. The van der Waals surface area contributed by atoms with Crippen molar-refractivity contribution >= 4 is 9.84 Å². The third-order valence-corrected chi connectivity index (χ3v) is 12.3. The molecule has 0 aromatic heterocycles. The second kappa shape index (κ2) is 9.15. The van der Waals surface area contributed by atoms with Gasteiger partial charge in [0, 0.05) is 5.75 Å². The van der Waals surface area contributed by atoms with Crippen LogP contribution in [0.25, 0.3) is 0 Å². The summed E-state index contributed by atoms with van der Waals surface area (Å²) in [6.07, 6.45) is 16.0. The van der Waals surface area contributed by atoms with Gasteiger partial charge in [0.1, 0.15) is 0 Å². The topological polar surface area (TPSA) is 34.1 Å². The van der Waals surface area contributed by atoms with E-state index in [0.717, 1.165) is 49.4 Å². The molecule has 2 nitrogen and oxygen atoms in total. The van der Waals surface area contributed by atoms with Gasteiger partial charge in [0.15, 0.2) is 9.84 Å². The van der Waals surface area contributed by atoms with E-state index in [1.807, 2.05) is 6.92 Å². The predicted octanol–water partition coefficient (Wildman–Crippen LogP) is 7.40. The standard InChI is InChI=1S/C28H47O2S/c1-6-31(29,30)27-18-24-22(21-12-7-8-13-23(21)27)16-17-28(5)25(14-15-26(24)28)20(4)11-9-10-19(2)3/h8,19-20,22,24-27H,6-7,9-18H2,1-5H3/t20-,22-,24-,25-,26+,27?,28-/m1/s1. The second-order valence-corrected chi connectivity index (χ2v) is 14.6. The van der Waals surface area contributed by atoms with Gasteiger partial charge in [-0.15, -0.1) is 0 Å². The summed E-state index contributed by atoms with van der Waals surface area (Å²) in [5, 5.41) is -0.185. The molecule has 1 radical (unpaired) electrons. The second-order valence-electron chi connectivity index (χ2n) is 12.2. The summed E-state index contributed by atoms with van der Waals surface area (Å²) in [6, 6.07) is 0. The molecule has 7 atom stereocenters. The van der Waals surface area contributed by atoms with Crippen molar-refractivity contribution in [2.45, 2.75) is 110 Å². The first-order valence-corrected chi connectivity index (χ1v) is 15.2. The maximum absolute atomic E-state index is 13.2. The van der Waals surface area contributed by atoms with Crippen molar-refractivity contribution in [1.29, 1.82) is 0 Å². The maximum Gasteiger partial charge on any atom is 0.156 e. The molecule has 0 aromatic carbocycles. The summed E-state index contributed by atoms with van der Waals surface area (Å²) >= 11 is 0. The predicted molar refractivity (Wildman–Crippen MR) is 131 cm³/mol. The Morgan fingerprint density at radius 3 is 2.58 bits per heavy atom. The SMILES string of the molecule is CCS(=O)(=O)C1C[C@@H]2[C@H](CC[C@]3(C)[C@@H]([C@H](C)CCCC(C)C)CC[C@@H]23)C2=C1C[CH]CC2. The quantitative estimate of drug-likeness (QED) is 0.381. The minimum Gasteiger partial charge on any atom is -0.228 e. The Hall–Kier alpha value is -0.310. The lowest BCUT2D eigenvalue weighted by molar-refractivity contribution is -0.00243. The zero-order valence-electron chi connectivity index (χ0n) is 20.8. The highest BCUT2D eigenvalue weighted by atomic mass is 32.2. The van der Waals surface area contributed by atoms with Crippen molar-refractivity contribution in [3.63, 3.8) is 0 Å². The third-order valence-electron chi connectivity index (χ3n) is 10.2. The monoisotopic (exact) mass is 447 g/mol. The summed E-state index contributed by atoms with van der Waals surface area (Å²) < 4.78 is 26.3. The fraction of sp³-hybridized carbons (Fsp3) is 0.893. The molecule has 4 aliphatic carbocycles. The highest BCUT2D eigenvalue weighted by Gasteiger charge is 2.57. The Bertz CT molecular complexity index is 779. The van der Waals surface area contributed by atoms with Crippen molar-refractivity contribution in [2.75, 3.05) is 5.75 Å². The third kappa shape index (κ3) is 4.31. The van der Waals surface area contributed by atoms with Gasteiger partial charge in [0.05, 0.1) is 5.25 Å². The van der Waals surface area contributed by atoms with Crippen LogP contribution in [0.3, 0.4) is 0 Å². The van der Waals surface area contributed by atoms with E-state index in [1.165, 1.54) is 50.5 Å². The van der Waals surface area contributed by atoms with Crippen LogP contribution in [0.5, 0.6) is 0 Å². The highest BCUT2D eigenvalue weighted by molar-refractivity contribution is 7.92. The molecule has 0 heterocycles. The van der Waals surface area contributed by atoms with E-state index >= 15 is 0 Å². The number of sulfone groups is 1. The summed E-state index contributed by atoms with van der Waals surface area (Å²) in [5.74, 6) is 4.77. The first-order valence-electron chi connectivity index (χ1n) is 13.4. The zero-order valence-corrected chi connectivity index (χ0v) is 21.6. The van der Waals surface area contributed by atoms with Crippen molar-refractivity contribution in [3.05, 3.63) is 17.6 Å². The van der Waals surface area contributed by atoms with Gasteiger partial charge in [-0.05, 0) is 98.7 Å². The van der Waals surface area contributed by atoms with E-state index in [-0.39, 0.29) is 5.25 Å². The first kappa shape index (κ1) is 23.8. The van der Waals surface area contributed by atoms with Gasteiger partial charge in [0.25, 0.3) is 0 Å². The maximum atomic E-state index is 13.2. The molecule has 0 saturated heterocycles. The van der Waals surface area contributed by atoms with Crippen LogP contribution in [-0.2, 0) is 9.84 Å². The Labute approximate surface area is 193 Å². The molecular formula is C28H47O2S. The minimum absolute atomic E-state index is 0.185. The van der Waals surface area contributed by atoms with E-state index in [1.54, 1.807) is 5.57 Å². The van der Waals surface area contributed by atoms with Gasteiger partial charge in [-0.1, -0.05) is 65.0 Å². The number of hydrogen-bond acceptors (Lipinski definition) is 2. The van der Waals surface area contributed by atoms with Crippen LogP contribution >= 0.6 is 0 Å². The molecule has 0 spiro atoms. The number of fused-ring (bicyclic) bond motifs is 4. The summed E-state index contributed by atoms with van der Waals surface area (Å²) in [7, 11) is -3.02. The lowest BCUT2D eigenvalue weighted by atomic mass is 9.52. The lowest BCUT2D eigenvalue weighted by Gasteiger charge is -2.54. The van der Waals surface area contributed by atoms with Gasteiger partial charge in [0.2, 0.25) is 0 Å². The van der Waals surface area contributed by atoms with Crippen LogP contribution in [-0.4, -0.2) is 19.4 Å². The Kier molecular flexibility index (Phi) is 7.03. The average molecular weight is 448 g/mol. The van der Waals surface area contributed by atoms with Crippen molar-refractivity contribution in [1.82, 2.24) is 0 Å². The Morgan fingerprint density at radius 2 is 1.87 bits per heavy atom. The number of hydrogen-bond donors (Lipinski definition) is 0. The van der Waals surface area contributed by atoms with Crippen LogP contribution in [0.4, 0.5) is 0 Å². The number of rotatable bonds is 7. The Balaban J connectivity index is 1.58. The molecule has 0 N–H and O–H groups in total. The zero-order chi connectivity index (χ0) is 22.4. The van der Waals surface area contributed by atoms with Gasteiger partial charge >= 0.3 is 0 Å². The van der Waals surface area contributed by atoms with Gasteiger partial charge < -0.3 is 0 Å². The lowest BCUT2D eigenvalue weighted by Crippen LogP contribution is -2.48. The molecule has 0 aliphatic heterocycles. The van der Waals surface area contributed by atoms with Gasteiger partial charge in [-0.25, -0.2) is 8.42 Å². The average Bonchev–Trinajstić information content (AvgIpc) is 3.10. The van der Waals surface area contributed by atoms with Crippen LogP contribution in [0.1, 0.15) is 105 Å². The van der Waals surface area contributed by atoms with Crippen molar-refractivity contribution in [2.24, 2.45) is 40.9 Å². The highest BCUT2D eigenvalue weighted by Crippen LogP contribution is 2.65. The Morgan fingerprint density at radius 1 is 1.10 bits per heavy atom. The summed E-state index contributed by atoms with van der Waals surface area (Å²) in [5.41, 5.74) is 3.35. The van der Waals surface area contributed by atoms with Crippen molar-refractivity contribution in [3.8, 4) is 0 Å². The molecule has 0 bridgehead atoms. The van der Waals surface area contributed by atoms with E-state index in [4.69, 9.17) is 0 Å². The normalized spacial score (nSPS) is 39.2. The molecule has 0 aromatic rings. The number of allylic oxidation sites excluding steroid dienone is 1. The molecule has 0 amide bonds. The molecule has 2 saturated carbocycles. The summed E-state index contributed by atoms with van der Waals surface area (Å²) in [4.78, 5) is 0. The molecule has 2 fully saturated rings. The van der Waals surface area contributed by atoms with Crippen LogP contribution in [0.15, 0.2) is 11.1 Å². The van der Waals surface area contributed by atoms with Crippen LogP contribution in [0.2, 0.25) is 0 Å². The van der Waals surface area contributed by atoms with Gasteiger partial charge in [-0.3, -0.25) is 0 Å². The largest absolute Gasteiger partial charge is 0.228 e. The van der Waals surface area contributed by atoms with Crippen LogP contribution in [0, 0.1) is 47.3 Å². The molecule has 1 unspecified atom stereocenters. The molecular weight excluding hydrogens is 400 g/mol. The van der Waals surface area contributed by atoms with E-state index in [0.29, 0.717) is 23.0 Å². The molecule has 31 heavy (non-hydrogen) atoms. The van der Waals surface area contributed by atoms with E-state index in [9.17, 15) is 8.42 Å². The first-order chi connectivity index (χ1) is 14.7. The molecule has 4 rings (SSSR count). The molecule has 4 aliphatic rings.